The molecular formula is C73H94ClFN6O16. The lowest BCUT2D eigenvalue weighted by Crippen LogP contribution is -2.64. The Labute approximate surface area is 571 Å². The highest BCUT2D eigenvalue weighted by atomic mass is 35.5. The summed E-state index contributed by atoms with van der Waals surface area (Å²) in [6.45, 7) is 8.23. The molecule has 2 aromatic heterocycles. The minimum atomic E-state index is -2.62. The number of ether oxygens (including phenoxy) is 7. The summed E-state index contributed by atoms with van der Waals surface area (Å²) in [7, 11) is 6.04. The number of aliphatic hydroxyl groups is 3. The molecule has 2 saturated heterocycles. The third kappa shape index (κ3) is 19.0. The SMILES string of the molecule is CO[C@H]1C/C(C)=C/[C@@H](CCCC(=O)NCCNCc2ccc(-c3ccc4ncnc(Nc5ccc(OCc6cccc(F)c6)c(Cl)c5)c4c3)o2)C(=O)C[C@H](O)[C@@H](C)[C@@H](/C(C)=C/[C@@H]2CC[C@@H](O)[C@H](OC)C2)OC(=O)[C@@H]2CCCCN2C(=O)C(=O)[C@]2(O)O[C@H]([C@@H](OC)C1)[C@@H](OC)C[C@H]2C. The standard InChI is InChI=1S/C73H94ClFN6O16/c1-42-29-48(14-12-17-66(85)77-27-26-76-39-52-21-25-61(95-52)49-19-22-56-54(35-49)70(79-41-78-56)80-51-20-24-62(55(74)36-51)94-40-47-13-11-15-50(75)33-47)60(84)38-59(83)45(4)67(43(2)31-46-18-23-58(82)63(34-46)91-6)96-72(88)57-16-9-10-28-81(57)71(87)69(86)73(89)44(3)32-64(92-7)68(97-73)65(93-8)37-53(30-42)90-5/h11,13,15,19-22,24-25,29,31,33,35-36,41,44-46,48,53,57-59,63-65,67-68,76,82-83,89H,9-10,12,14,16-18,23,26-28,30,32,34,37-40H2,1-8H3,(H,77,85)(H,78,79,80)/b42-29+,43-31+/t44-,45-,46+,48-,53+,57+,58-,59+,63-,64+,65+,67-,68+,73-/m1/s1. The average molecular weight is 1370 g/mol. The van der Waals surface area contributed by atoms with Crippen molar-refractivity contribution in [1.82, 2.24) is 25.5 Å². The van der Waals surface area contributed by atoms with E-state index in [1.165, 1.54) is 32.7 Å². The molecule has 14 atom stereocenters. The number of nitrogens with one attached hydrogen (secondary N) is 3. The number of anilines is 2. The molecule has 2 amide bonds. The molecule has 1 aliphatic carbocycles. The van der Waals surface area contributed by atoms with Crippen molar-refractivity contribution >= 4 is 63.4 Å². The monoisotopic (exact) mass is 1360 g/mol. The zero-order valence-corrected chi connectivity index (χ0v) is 57.4. The van der Waals surface area contributed by atoms with Crippen LogP contribution in [0.1, 0.15) is 122 Å². The lowest BCUT2D eigenvalue weighted by molar-refractivity contribution is -0.303. The summed E-state index contributed by atoms with van der Waals surface area (Å²) in [6, 6.07) is 19.7. The first-order chi connectivity index (χ1) is 46.6. The van der Waals surface area contributed by atoms with Gasteiger partial charge in [-0.1, -0.05) is 55.3 Å². The highest BCUT2D eigenvalue weighted by Crippen LogP contribution is 2.40. The van der Waals surface area contributed by atoms with Gasteiger partial charge in [-0.05, 0) is 156 Å². The zero-order valence-electron chi connectivity index (χ0n) is 56.6. The number of esters is 1. The number of carbonyl (C=O) groups is 5. The Morgan fingerprint density at radius 3 is 2.40 bits per heavy atom. The van der Waals surface area contributed by atoms with Gasteiger partial charge in [0.15, 0.2) is 0 Å². The van der Waals surface area contributed by atoms with Crippen molar-refractivity contribution in [2.45, 2.75) is 185 Å². The number of methoxy groups -OCH3 is 4. The third-order valence-corrected chi connectivity index (χ3v) is 19.7. The van der Waals surface area contributed by atoms with Crippen LogP contribution in [0.2, 0.25) is 5.02 Å². The normalized spacial score (nSPS) is 28.8. The predicted molar refractivity (Wildman–Crippen MR) is 361 cm³/mol. The van der Waals surface area contributed by atoms with Crippen LogP contribution in [0.5, 0.6) is 5.75 Å². The molecule has 6 N–H and O–H groups in total. The predicted octanol–water partition coefficient (Wildman–Crippen LogP) is 9.84. The number of benzene rings is 3. The summed E-state index contributed by atoms with van der Waals surface area (Å²) < 4.78 is 62.1. The second kappa shape index (κ2) is 34.6. The second-order valence-electron chi connectivity index (χ2n) is 26.3. The Bertz CT molecular complexity index is 3590. The molecule has 3 fully saturated rings. The molecule has 3 aliphatic heterocycles. The van der Waals surface area contributed by atoms with Gasteiger partial charge in [-0.3, -0.25) is 19.2 Å². The van der Waals surface area contributed by atoms with E-state index in [0.717, 1.165) is 21.4 Å². The molecule has 526 valence electrons. The van der Waals surface area contributed by atoms with Gasteiger partial charge >= 0.3 is 5.97 Å². The van der Waals surface area contributed by atoms with Gasteiger partial charge in [0, 0.05) is 102 Å². The van der Waals surface area contributed by atoms with Crippen molar-refractivity contribution < 1.29 is 81.3 Å². The van der Waals surface area contributed by atoms with Gasteiger partial charge < -0.3 is 73.7 Å². The van der Waals surface area contributed by atoms with Crippen LogP contribution in [0.25, 0.3) is 22.2 Å². The number of hydrogen-bond donors (Lipinski definition) is 6. The summed E-state index contributed by atoms with van der Waals surface area (Å²) in [4.78, 5) is 82.1. The van der Waals surface area contributed by atoms with E-state index in [0.29, 0.717) is 115 Å². The molecule has 5 heterocycles. The van der Waals surface area contributed by atoms with Crippen LogP contribution in [-0.4, -0.2) is 168 Å². The molecule has 22 nitrogen and oxygen atoms in total. The first-order valence-corrected chi connectivity index (χ1v) is 34.0. The van der Waals surface area contributed by atoms with Crippen molar-refractivity contribution in [2.24, 2.45) is 23.7 Å². The van der Waals surface area contributed by atoms with Crippen molar-refractivity contribution in [2.75, 3.05) is 53.4 Å². The van der Waals surface area contributed by atoms with Gasteiger partial charge in [0.1, 0.15) is 65.9 Å². The molecule has 4 aliphatic rings. The van der Waals surface area contributed by atoms with E-state index in [9.17, 15) is 43.7 Å². The van der Waals surface area contributed by atoms with Gasteiger partial charge in [0.25, 0.3) is 11.7 Å². The number of piperidine rings is 1. The largest absolute Gasteiger partial charge is 0.487 e. The fraction of sp³-hybridized carbons (Fsp3) is 0.548. The van der Waals surface area contributed by atoms with Crippen LogP contribution in [-0.2, 0) is 65.5 Å². The molecule has 9 rings (SSSR count). The number of halogens is 2. The molecule has 24 heteroatoms. The Hall–Kier alpha value is -7.03. The minimum Gasteiger partial charge on any atom is -0.487 e. The summed E-state index contributed by atoms with van der Waals surface area (Å²) in [5, 5.41) is 45.9. The maximum atomic E-state index is 14.8. The minimum absolute atomic E-state index is 0.0237. The number of cyclic esters (lactones) is 1. The molecule has 3 aromatic carbocycles. The van der Waals surface area contributed by atoms with Crippen LogP contribution >= 0.6 is 11.6 Å². The topological polar surface area (TPSA) is 289 Å². The number of aliphatic hydroxyl groups excluding tert-OH is 2. The molecule has 1 saturated carbocycles. The summed E-state index contributed by atoms with van der Waals surface area (Å²) in [5.74, 6) is -6.97. The van der Waals surface area contributed by atoms with Crippen LogP contribution in [0.15, 0.2) is 107 Å². The lowest BCUT2D eigenvalue weighted by atomic mass is 9.81. The number of nitrogens with zero attached hydrogens (tertiary/aromatic N) is 3. The number of carbonyl (C=O) groups excluding carboxylic acids is 5. The van der Waals surface area contributed by atoms with E-state index in [1.54, 1.807) is 59.3 Å². The summed E-state index contributed by atoms with van der Waals surface area (Å²) in [5.41, 5.74) is 4.20. The number of hydrogen-bond acceptors (Lipinski definition) is 20. The molecule has 5 aromatic rings. The average Bonchev–Trinajstić information content (AvgIpc) is 0.893. The van der Waals surface area contributed by atoms with Crippen molar-refractivity contribution in [3.8, 4) is 17.1 Å². The van der Waals surface area contributed by atoms with Crippen LogP contribution < -0.4 is 20.7 Å². The molecule has 97 heavy (non-hydrogen) atoms. The first kappa shape index (κ1) is 74.2. The number of furan rings is 1. The van der Waals surface area contributed by atoms with Crippen molar-refractivity contribution in [3.05, 3.63) is 125 Å². The molecular weight excluding hydrogens is 1270 g/mol. The maximum absolute atomic E-state index is 14.8. The zero-order chi connectivity index (χ0) is 69.5. The Morgan fingerprint density at radius 1 is 0.866 bits per heavy atom. The van der Waals surface area contributed by atoms with E-state index in [1.807, 2.05) is 55.5 Å². The highest BCUT2D eigenvalue weighted by Gasteiger charge is 2.57. The quantitative estimate of drug-likeness (QED) is 0.0172. The second-order valence-corrected chi connectivity index (χ2v) is 26.7. The number of amides is 2. The van der Waals surface area contributed by atoms with Crippen molar-refractivity contribution in [3.63, 3.8) is 0 Å². The molecule has 0 unspecified atom stereocenters. The lowest BCUT2D eigenvalue weighted by Gasteiger charge is -2.47. The fourth-order valence-corrected chi connectivity index (χ4v) is 14.0. The Morgan fingerprint density at radius 2 is 1.65 bits per heavy atom. The van der Waals surface area contributed by atoms with E-state index >= 15 is 0 Å². The van der Waals surface area contributed by atoms with E-state index in [2.05, 4.69) is 25.9 Å². The van der Waals surface area contributed by atoms with Gasteiger partial charge in [-0.2, -0.15) is 0 Å². The van der Waals surface area contributed by atoms with Gasteiger partial charge in [0.2, 0.25) is 11.7 Å². The number of fused-ring (bicyclic) bond motifs is 4. The van der Waals surface area contributed by atoms with E-state index in [-0.39, 0.29) is 75.1 Å². The third-order valence-electron chi connectivity index (χ3n) is 19.4. The maximum Gasteiger partial charge on any atom is 0.329 e. The summed E-state index contributed by atoms with van der Waals surface area (Å²) >= 11 is 6.61. The molecule has 0 spiro atoms. The van der Waals surface area contributed by atoms with Gasteiger partial charge in [-0.25, -0.2) is 19.2 Å². The fourth-order valence-electron chi connectivity index (χ4n) is 13.8. The van der Waals surface area contributed by atoms with Crippen LogP contribution in [0, 0.1) is 29.5 Å². The number of allylic oxidation sites excluding steroid dienone is 2. The summed E-state index contributed by atoms with van der Waals surface area (Å²) in [6.07, 6.45) is 2.37. The highest BCUT2D eigenvalue weighted by molar-refractivity contribution is 6.39. The number of aromatic nitrogens is 2. The Kier molecular flexibility index (Phi) is 26.5. The number of Topliss-reactive ketones (excluding diaryl/α,β-unsaturated/α-hetero) is 2. The number of rotatable bonds is 21. The van der Waals surface area contributed by atoms with E-state index < -0.39 is 96.1 Å². The van der Waals surface area contributed by atoms with E-state index in [4.69, 9.17) is 49.2 Å². The van der Waals surface area contributed by atoms with Crippen molar-refractivity contribution in [1.29, 1.82) is 0 Å². The first-order valence-electron chi connectivity index (χ1n) is 33.7. The number of ketones is 2. The van der Waals surface area contributed by atoms with Gasteiger partial charge in [0.05, 0.1) is 53.7 Å². The van der Waals surface area contributed by atoms with Crippen LogP contribution in [0.3, 0.4) is 0 Å². The van der Waals surface area contributed by atoms with Gasteiger partial charge in [-0.15, -0.1) is 0 Å². The smallest absolute Gasteiger partial charge is 0.329 e. The Balaban J connectivity index is 0.850. The molecule has 0 radical (unpaired) electrons. The molecule has 2 bridgehead atoms. The van der Waals surface area contributed by atoms with Crippen LogP contribution in [0.4, 0.5) is 15.9 Å².